The smallest absolute Gasteiger partial charge is 0.435 e. The molecule has 0 aliphatic carbocycles. The third-order valence-corrected chi connectivity index (χ3v) is 3.44. The summed E-state index contributed by atoms with van der Waals surface area (Å²) in [6.07, 6.45) is 4.30. The Morgan fingerprint density at radius 2 is 2.05 bits per heavy atom. The minimum absolute atomic E-state index is 0.0746. The fraction of sp³-hybridized carbons (Fsp3) is 0.800. The quantitative estimate of drug-likeness (QED) is 0.726. The van der Waals surface area contributed by atoms with Crippen molar-refractivity contribution in [2.45, 2.75) is 71.6 Å². The molecule has 1 fully saturated rings. The van der Waals surface area contributed by atoms with Gasteiger partial charge in [0.05, 0.1) is 12.1 Å². The molecule has 110 valence electrons. The van der Waals surface area contributed by atoms with Crippen LogP contribution in [-0.4, -0.2) is 28.9 Å². The highest BCUT2D eigenvalue weighted by atomic mass is 16.7. The molecule has 1 saturated heterocycles. The Morgan fingerprint density at radius 1 is 1.47 bits per heavy atom. The molecule has 1 heterocycles. The van der Waals surface area contributed by atoms with Gasteiger partial charge in [-0.15, -0.1) is 6.58 Å². The lowest BCUT2D eigenvalue weighted by Crippen LogP contribution is -2.38. The number of nitrogens with zero attached hydrogens (tertiary/aromatic N) is 1. The van der Waals surface area contributed by atoms with E-state index in [1.807, 2.05) is 20.8 Å². The highest BCUT2D eigenvalue weighted by molar-refractivity contribution is 5.67. The molecule has 1 aliphatic rings. The number of amides is 1. The molecule has 1 amide bonds. The van der Waals surface area contributed by atoms with Gasteiger partial charge in [-0.2, -0.15) is 5.06 Å². The van der Waals surface area contributed by atoms with Crippen LogP contribution in [0.4, 0.5) is 4.79 Å². The van der Waals surface area contributed by atoms with Crippen molar-refractivity contribution >= 4 is 6.09 Å². The van der Waals surface area contributed by atoms with Crippen molar-refractivity contribution in [3.63, 3.8) is 0 Å². The van der Waals surface area contributed by atoms with Gasteiger partial charge in [0.1, 0.15) is 5.60 Å². The number of carbonyl (C=O) groups is 1. The van der Waals surface area contributed by atoms with Crippen LogP contribution >= 0.6 is 0 Å². The Kier molecular flexibility index (Phi) is 5.41. The number of hydrogen-bond donors (Lipinski definition) is 0. The number of ether oxygens (including phenoxy) is 1. The fourth-order valence-electron chi connectivity index (χ4n) is 2.37. The summed E-state index contributed by atoms with van der Waals surface area (Å²) in [6.45, 7) is 13.6. The summed E-state index contributed by atoms with van der Waals surface area (Å²) in [6, 6.07) is -0.0968. The fourth-order valence-corrected chi connectivity index (χ4v) is 2.37. The van der Waals surface area contributed by atoms with Gasteiger partial charge in [0.2, 0.25) is 0 Å². The molecule has 1 rings (SSSR count). The second-order valence-electron chi connectivity index (χ2n) is 6.07. The van der Waals surface area contributed by atoms with Crippen LogP contribution in [0.2, 0.25) is 0 Å². The summed E-state index contributed by atoms with van der Waals surface area (Å²) < 4.78 is 5.36. The molecule has 1 aliphatic heterocycles. The van der Waals surface area contributed by atoms with Crippen molar-refractivity contribution in [2.75, 3.05) is 0 Å². The van der Waals surface area contributed by atoms with Crippen molar-refractivity contribution in [3.8, 4) is 0 Å². The van der Waals surface area contributed by atoms with Crippen LogP contribution in [0, 0.1) is 5.92 Å². The summed E-state index contributed by atoms with van der Waals surface area (Å²) >= 11 is 0. The van der Waals surface area contributed by atoms with Crippen LogP contribution in [0.3, 0.4) is 0 Å². The Morgan fingerprint density at radius 3 is 2.47 bits per heavy atom. The van der Waals surface area contributed by atoms with Gasteiger partial charge >= 0.3 is 6.09 Å². The Bertz CT molecular complexity index is 318. The van der Waals surface area contributed by atoms with Crippen LogP contribution in [0.25, 0.3) is 0 Å². The van der Waals surface area contributed by atoms with Gasteiger partial charge in [0.15, 0.2) is 0 Å². The van der Waals surface area contributed by atoms with E-state index in [0.717, 1.165) is 19.3 Å². The van der Waals surface area contributed by atoms with E-state index in [0.29, 0.717) is 5.92 Å². The maximum atomic E-state index is 12.1. The lowest BCUT2D eigenvalue weighted by atomic mass is 9.93. The van der Waals surface area contributed by atoms with Crippen molar-refractivity contribution in [2.24, 2.45) is 5.92 Å². The second-order valence-corrected chi connectivity index (χ2v) is 6.07. The molecule has 0 N–H and O–H groups in total. The van der Waals surface area contributed by atoms with Gasteiger partial charge in [-0.05, 0) is 26.7 Å². The number of carbonyl (C=O) groups excluding carboxylic acids is 1. The Hall–Kier alpha value is -1.03. The molecule has 0 radical (unpaired) electrons. The van der Waals surface area contributed by atoms with Crippen molar-refractivity contribution in [3.05, 3.63) is 12.7 Å². The Labute approximate surface area is 116 Å². The van der Waals surface area contributed by atoms with Gasteiger partial charge in [0, 0.05) is 6.42 Å². The lowest BCUT2D eigenvalue weighted by Gasteiger charge is -2.26. The molecule has 0 bridgehead atoms. The molecule has 0 aromatic heterocycles. The molecular formula is C15H27NO3. The molecular weight excluding hydrogens is 242 g/mol. The topological polar surface area (TPSA) is 38.8 Å². The average molecular weight is 269 g/mol. The summed E-state index contributed by atoms with van der Waals surface area (Å²) in [5, 5.41) is 1.35. The first-order chi connectivity index (χ1) is 8.82. The molecule has 2 atom stereocenters. The van der Waals surface area contributed by atoms with E-state index in [9.17, 15) is 4.79 Å². The largest absolute Gasteiger partial charge is 0.442 e. The average Bonchev–Trinajstić information content (AvgIpc) is 2.72. The van der Waals surface area contributed by atoms with Crippen LogP contribution in [0.15, 0.2) is 12.7 Å². The zero-order chi connectivity index (χ0) is 14.6. The second kappa shape index (κ2) is 6.42. The van der Waals surface area contributed by atoms with E-state index in [2.05, 4.69) is 20.4 Å². The molecule has 4 nitrogen and oxygen atoms in total. The van der Waals surface area contributed by atoms with E-state index in [1.54, 1.807) is 6.08 Å². The number of hydroxylamine groups is 2. The van der Waals surface area contributed by atoms with Gasteiger partial charge < -0.3 is 4.74 Å². The van der Waals surface area contributed by atoms with Crippen molar-refractivity contribution < 1.29 is 14.4 Å². The highest BCUT2D eigenvalue weighted by Crippen LogP contribution is 2.31. The highest BCUT2D eigenvalue weighted by Gasteiger charge is 2.40. The van der Waals surface area contributed by atoms with Gasteiger partial charge in [0.25, 0.3) is 0 Å². The number of rotatable bonds is 4. The van der Waals surface area contributed by atoms with Crippen molar-refractivity contribution in [1.29, 1.82) is 0 Å². The predicted octanol–water partition coefficient (Wildman–Crippen LogP) is 3.92. The molecule has 4 heteroatoms. The summed E-state index contributed by atoms with van der Waals surface area (Å²) in [5.74, 6) is 0.467. The summed E-state index contributed by atoms with van der Waals surface area (Å²) in [5.41, 5.74) is -0.515. The first-order valence-electron chi connectivity index (χ1n) is 7.13. The molecule has 19 heavy (non-hydrogen) atoms. The monoisotopic (exact) mass is 269 g/mol. The van der Waals surface area contributed by atoms with Crippen LogP contribution in [0.5, 0.6) is 0 Å². The SMILES string of the molecule is C=C[C@H]1C[C@@H](C(CC)CC)ON1C(=O)OC(C)(C)C. The van der Waals surface area contributed by atoms with Gasteiger partial charge in [-0.1, -0.05) is 32.8 Å². The maximum absolute atomic E-state index is 12.1. The first kappa shape index (κ1) is 16.0. The van der Waals surface area contributed by atoms with Crippen LogP contribution in [0.1, 0.15) is 53.9 Å². The number of hydrogen-bond acceptors (Lipinski definition) is 3. The lowest BCUT2D eigenvalue weighted by molar-refractivity contribution is -0.156. The van der Waals surface area contributed by atoms with E-state index in [1.165, 1.54) is 5.06 Å². The van der Waals surface area contributed by atoms with Crippen LogP contribution < -0.4 is 0 Å². The Balaban J connectivity index is 2.73. The summed E-state index contributed by atoms with van der Waals surface area (Å²) in [7, 11) is 0. The molecule has 0 spiro atoms. The standard InChI is InChI=1S/C15H27NO3/c1-7-11(8-2)13-10-12(9-3)16(19-13)14(17)18-15(4,5)6/h9,11-13H,3,7-8,10H2,1-2,4-6H3/t12-,13-/m0/s1. The maximum Gasteiger partial charge on any atom is 0.435 e. The third-order valence-electron chi connectivity index (χ3n) is 3.44. The van der Waals surface area contributed by atoms with E-state index < -0.39 is 11.7 Å². The van der Waals surface area contributed by atoms with Gasteiger partial charge in [-0.25, -0.2) is 4.79 Å². The minimum atomic E-state index is -0.515. The third kappa shape index (κ3) is 4.23. The zero-order valence-electron chi connectivity index (χ0n) is 12.8. The molecule has 0 saturated carbocycles. The summed E-state index contributed by atoms with van der Waals surface area (Å²) in [4.78, 5) is 17.9. The first-order valence-corrected chi connectivity index (χ1v) is 7.13. The van der Waals surface area contributed by atoms with E-state index in [4.69, 9.17) is 9.57 Å². The van der Waals surface area contributed by atoms with Crippen molar-refractivity contribution in [1.82, 2.24) is 5.06 Å². The van der Waals surface area contributed by atoms with Gasteiger partial charge in [-0.3, -0.25) is 4.84 Å². The van der Waals surface area contributed by atoms with Crippen LogP contribution in [-0.2, 0) is 9.57 Å². The molecule has 0 unspecified atom stereocenters. The minimum Gasteiger partial charge on any atom is -0.442 e. The zero-order valence-corrected chi connectivity index (χ0v) is 12.8. The normalized spacial score (nSPS) is 23.8. The van der Waals surface area contributed by atoms with E-state index >= 15 is 0 Å². The van der Waals surface area contributed by atoms with E-state index in [-0.39, 0.29) is 12.1 Å². The molecule has 0 aromatic rings. The molecule has 0 aromatic carbocycles. The predicted molar refractivity (Wildman–Crippen MR) is 75.6 cm³/mol.